The van der Waals surface area contributed by atoms with Crippen LogP contribution in [0.2, 0.25) is 0 Å². The maximum Gasteiger partial charge on any atom is 0.0633 e. The molecule has 0 bridgehead atoms. The molecule has 1 aliphatic carbocycles. The summed E-state index contributed by atoms with van der Waals surface area (Å²) in [5.74, 6) is 0. The fraction of sp³-hybridized carbons (Fsp3) is 0.0370. The standard InChI is InChI=1S/C54H37N3/c1-4-14-40(15-5-1)55-49-22-12-10-20-43(49)45-32-36(24-28-51(45)55)38-26-30-53-47(34-38)48-35-39(27-31-54(48)57(53)42-18-8-3-9-19-42)37-25-29-52-46(33-37)44-21-11-13-23-50(44)56(52)41-16-6-2-7-17-41/h1-30,32-35,54H,31H2. The lowest BCUT2D eigenvalue weighted by Crippen LogP contribution is -2.27. The Balaban J connectivity index is 0.995. The Kier molecular flexibility index (Phi) is 7.05. The minimum Gasteiger partial charge on any atom is -0.333 e. The van der Waals surface area contributed by atoms with Crippen molar-refractivity contribution in [3.8, 4) is 22.5 Å². The Morgan fingerprint density at radius 2 is 0.860 bits per heavy atom. The van der Waals surface area contributed by atoms with Crippen LogP contribution in [0.4, 0.5) is 11.4 Å². The molecule has 1 unspecified atom stereocenters. The van der Waals surface area contributed by atoms with Crippen LogP contribution in [0.25, 0.3) is 77.3 Å². The summed E-state index contributed by atoms with van der Waals surface area (Å²) in [6, 6.07) is 71.2. The minimum atomic E-state index is 0.219. The molecule has 1 atom stereocenters. The third-order valence-corrected chi connectivity index (χ3v) is 12.2. The largest absolute Gasteiger partial charge is 0.333 e. The van der Waals surface area contributed by atoms with E-state index >= 15 is 0 Å². The average molecular weight is 728 g/mol. The van der Waals surface area contributed by atoms with E-state index in [4.69, 9.17) is 0 Å². The van der Waals surface area contributed by atoms with Gasteiger partial charge in [0.15, 0.2) is 0 Å². The van der Waals surface area contributed by atoms with Crippen LogP contribution in [-0.2, 0) is 0 Å². The van der Waals surface area contributed by atoms with Crippen LogP contribution in [0.3, 0.4) is 0 Å². The van der Waals surface area contributed by atoms with Crippen molar-refractivity contribution in [3.63, 3.8) is 0 Å². The van der Waals surface area contributed by atoms with E-state index in [1.54, 1.807) is 0 Å². The number of aromatic nitrogens is 2. The molecule has 0 radical (unpaired) electrons. The first-order valence-corrected chi connectivity index (χ1v) is 19.9. The summed E-state index contributed by atoms with van der Waals surface area (Å²) in [5.41, 5.74) is 17.4. The first-order chi connectivity index (χ1) is 28.3. The summed E-state index contributed by atoms with van der Waals surface area (Å²) in [6.07, 6.45) is 5.84. The highest BCUT2D eigenvalue weighted by Gasteiger charge is 2.36. The molecule has 0 fully saturated rings. The summed E-state index contributed by atoms with van der Waals surface area (Å²) in [4.78, 5) is 2.55. The van der Waals surface area contributed by atoms with Gasteiger partial charge in [-0.15, -0.1) is 0 Å². The summed E-state index contributed by atoms with van der Waals surface area (Å²) in [5, 5.41) is 5.08. The Labute approximate surface area is 331 Å². The van der Waals surface area contributed by atoms with Crippen LogP contribution < -0.4 is 4.90 Å². The van der Waals surface area contributed by atoms with Crippen molar-refractivity contribution in [3.05, 3.63) is 217 Å². The third kappa shape index (κ3) is 4.92. The fourth-order valence-corrected chi connectivity index (χ4v) is 9.64. The predicted molar refractivity (Wildman–Crippen MR) is 240 cm³/mol. The molecule has 0 amide bonds. The number of para-hydroxylation sites is 5. The molecular weight excluding hydrogens is 691 g/mol. The highest BCUT2D eigenvalue weighted by molar-refractivity contribution is 6.12. The molecule has 3 nitrogen and oxygen atoms in total. The van der Waals surface area contributed by atoms with Crippen molar-refractivity contribution < 1.29 is 0 Å². The van der Waals surface area contributed by atoms with Gasteiger partial charge in [-0.25, -0.2) is 0 Å². The first kappa shape index (κ1) is 31.9. The molecule has 0 N–H and O–H groups in total. The second-order valence-electron chi connectivity index (χ2n) is 15.3. The lowest BCUT2D eigenvalue weighted by Gasteiger charge is -2.29. The van der Waals surface area contributed by atoms with E-state index < -0.39 is 0 Å². The summed E-state index contributed by atoms with van der Waals surface area (Å²) >= 11 is 0. The summed E-state index contributed by atoms with van der Waals surface area (Å²) in [6.45, 7) is 0. The molecule has 2 aromatic heterocycles. The van der Waals surface area contributed by atoms with Gasteiger partial charge in [0.05, 0.1) is 28.1 Å². The van der Waals surface area contributed by atoms with Gasteiger partial charge in [-0.05, 0) is 125 Å². The van der Waals surface area contributed by atoms with E-state index in [-0.39, 0.29) is 6.04 Å². The monoisotopic (exact) mass is 727 g/mol. The number of fused-ring (bicyclic) bond motifs is 9. The summed E-state index contributed by atoms with van der Waals surface area (Å²) < 4.78 is 4.78. The first-order valence-electron chi connectivity index (χ1n) is 19.9. The topological polar surface area (TPSA) is 13.1 Å². The van der Waals surface area contributed by atoms with E-state index in [9.17, 15) is 0 Å². The lowest BCUT2D eigenvalue weighted by molar-refractivity contribution is 0.831. The van der Waals surface area contributed by atoms with Crippen molar-refractivity contribution >= 4 is 66.1 Å². The molecule has 0 spiro atoms. The van der Waals surface area contributed by atoms with Crippen LogP contribution in [0.15, 0.2) is 206 Å². The van der Waals surface area contributed by atoms with Crippen molar-refractivity contribution in [2.75, 3.05) is 4.90 Å². The van der Waals surface area contributed by atoms with Crippen LogP contribution in [0.1, 0.15) is 17.5 Å². The molecule has 3 heterocycles. The lowest BCUT2D eigenvalue weighted by atomic mass is 9.88. The van der Waals surface area contributed by atoms with Gasteiger partial charge in [0.2, 0.25) is 0 Å². The smallest absolute Gasteiger partial charge is 0.0633 e. The van der Waals surface area contributed by atoms with Crippen molar-refractivity contribution in [1.82, 2.24) is 9.13 Å². The van der Waals surface area contributed by atoms with Gasteiger partial charge in [-0.1, -0.05) is 115 Å². The van der Waals surface area contributed by atoms with Crippen LogP contribution in [-0.4, -0.2) is 15.2 Å². The molecule has 10 aromatic rings. The quantitative estimate of drug-likeness (QED) is 0.172. The van der Waals surface area contributed by atoms with Gasteiger partial charge in [-0.3, -0.25) is 0 Å². The Bertz CT molecular complexity index is 3260. The van der Waals surface area contributed by atoms with Gasteiger partial charge in [0, 0.05) is 49.9 Å². The third-order valence-electron chi connectivity index (χ3n) is 12.2. The van der Waals surface area contributed by atoms with Crippen molar-refractivity contribution in [2.45, 2.75) is 12.5 Å². The number of nitrogens with zero attached hydrogens (tertiary/aromatic N) is 3. The average Bonchev–Trinajstić information content (AvgIpc) is 3.92. The zero-order valence-electron chi connectivity index (χ0n) is 31.3. The molecular formula is C54H37N3. The second kappa shape index (κ2) is 12.6. The van der Waals surface area contributed by atoms with Crippen LogP contribution >= 0.6 is 0 Å². The molecule has 12 rings (SSSR count). The zero-order chi connectivity index (χ0) is 37.5. The number of hydrogen-bond donors (Lipinski definition) is 0. The van der Waals surface area contributed by atoms with Crippen molar-refractivity contribution in [2.24, 2.45) is 0 Å². The fourth-order valence-electron chi connectivity index (χ4n) is 9.64. The van der Waals surface area contributed by atoms with Crippen LogP contribution in [0, 0.1) is 0 Å². The van der Waals surface area contributed by atoms with Gasteiger partial charge in [0.1, 0.15) is 0 Å². The highest BCUT2D eigenvalue weighted by Crippen LogP contribution is 2.50. The zero-order valence-corrected chi connectivity index (χ0v) is 31.3. The number of benzene rings is 8. The molecule has 3 heteroatoms. The Hall–Kier alpha value is -7.36. The SMILES string of the molecule is C1=C(c2ccc3c(c2)c2ccccc2n3-c2ccccc2)C=C2c3cc(-c4ccc5c(c4)c4ccccc4n5-c4ccccc4)ccc3N(c3ccccc3)C2C1. The van der Waals surface area contributed by atoms with E-state index in [2.05, 4.69) is 220 Å². The predicted octanol–water partition coefficient (Wildman–Crippen LogP) is 13.9. The van der Waals surface area contributed by atoms with Gasteiger partial charge < -0.3 is 14.0 Å². The molecule has 8 aromatic carbocycles. The molecule has 1 aliphatic heterocycles. The molecule has 57 heavy (non-hydrogen) atoms. The highest BCUT2D eigenvalue weighted by atomic mass is 15.2. The van der Waals surface area contributed by atoms with E-state index in [0.717, 1.165) is 6.42 Å². The van der Waals surface area contributed by atoms with E-state index in [0.29, 0.717) is 0 Å². The van der Waals surface area contributed by atoms with Gasteiger partial charge >= 0.3 is 0 Å². The number of hydrogen-bond acceptors (Lipinski definition) is 1. The van der Waals surface area contributed by atoms with Crippen LogP contribution in [0.5, 0.6) is 0 Å². The Morgan fingerprint density at radius 3 is 1.47 bits per heavy atom. The van der Waals surface area contributed by atoms with E-state index in [1.165, 1.54) is 99.8 Å². The van der Waals surface area contributed by atoms with Gasteiger partial charge in [0.25, 0.3) is 0 Å². The Morgan fingerprint density at radius 1 is 0.386 bits per heavy atom. The minimum absolute atomic E-state index is 0.219. The second-order valence-corrected chi connectivity index (χ2v) is 15.3. The van der Waals surface area contributed by atoms with Crippen molar-refractivity contribution in [1.29, 1.82) is 0 Å². The van der Waals surface area contributed by atoms with E-state index in [1.807, 2.05) is 0 Å². The molecule has 0 saturated carbocycles. The molecule has 2 aliphatic rings. The molecule has 0 saturated heterocycles. The summed E-state index contributed by atoms with van der Waals surface area (Å²) in [7, 11) is 0. The normalized spacial score (nSPS) is 14.9. The maximum absolute atomic E-state index is 2.55. The maximum atomic E-state index is 2.55. The molecule has 268 valence electrons. The number of anilines is 2. The van der Waals surface area contributed by atoms with Gasteiger partial charge in [-0.2, -0.15) is 0 Å². The number of allylic oxidation sites excluding steroid dienone is 2. The number of rotatable bonds is 5.